The minimum Gasteiger partial charge on any atom is -0.492 e. The molecule has 0 radical (unpaired) electrons. The molecule has 2 aliphatic rings. The third-order valence-corrected chi connectivity index (χ3v) is 4.72. The van der Waals surface area contributed by atoms with Crippen molar-refractivity contribution in [3.8, 4) is 11.5 Å². The molecule has 0 aromatic heterocycles. The van der Waals surface area contributed by atoms with Gasteiger partial charge in [0.15, 0.2) is 6.61 Å². The summed E-state index contributed by atoms with van der Waals surface area (Å²) >= 11 is 0. The molecule has 4 rings (SSSR count). The van der Waals surface area contributed by atoms with E-state index in [4.69, 9.17) is 9.47 Å². The monoisotopic (exact) mass is 366 g/mol. The third kappa shape index (κ3) is 4.05. The van der Waals surface area contributed by atoms with Crippen molar-refractivity contribution in [2.24, 2.45) is 5.92 Å². The Morgan fingerprint density at radius 3 is 2.74 bits per heavy atom. The first kappa shape index (κ1) is 17.4. The summed E-state index contributed by atoms with van der Waals surface area (Å²) in [7, 11) is 0. The highest BCUT2D eigenvalue weighted by Crippen LogP contribution is 2.36. The second-order valence-electron chi connectivity index (χ2n) is 6.94. The number of amides is 2. The second-order valence-corrected chi connectivity index (χ2v) is 6.94. The molecule has 0 atom stereocenters. The molecule has 6 heteroatoms. The van der Waals surface area contributed by atoms with Gasteiger partial charge in [-0.15, -0.1) is 0 Å². The maximum absolute atomic E-state index is 12.3. The topological polar surface area (TPSA) is 67.9 Å². The standard InChI is InChI=1S/C21H22N2O4/c1-14-2-7-17(8-3-14)26-11-10-23-18-9-6-16(22-21(25)15-4-5-15)12-19(18)27-13-20(23)24/h2-3,6-9,12,15H,4-5,10-11,13H2,1H3,(H,22,25). The van der Waals surface area contributed by atoms with E-state index in [9.17, 15) is 9.59 Å². The molecule has 27 heavy (non-hydrogen) atoms. The van der Waals surface area contributed by atoms with Gasteiger partial charge >= 0.3 is 0 Å². The van der Waals surface area contributed by atoms with Gasteiger partial charge in [0.05, 0.1) is 12.2 Å². The Morgan fingerprint density at radius 1 is 1.22 bits per heavy atom. The number of hydrogen-bond donors (Lipinski definition) is 1. The minimum atomic E-state index is -0.107. The summed E-state index contributed by atoms with van der Waals surface area (Å²) in [5, 5.41) is 2.90. The zero-order valence-electron chi connectivity index (χ0n) is 15.2. The Kier molecular flexibility index (Phi) is 4.71. The van der Waals surface area contributed by atoms with Crippen molar-refractivity contribution in [3.05, 3.63) is 48.0 Å². The number of aryl methyl sites for hydroxylation is 1. The van der Waals surface area contributed by atoms with Crippen LogP contribution in [0.4, 0.5) is 11.4 Å². The molecule has 0 saturated heterocycles. The van der Waals surface area contributed by atoms with Crippen LogP contribution in [0.5, 0.6) is 11.5 Å². The lowest BCUT2D eigenvalue weighted by molar-refractivity contribution is -0.121. The number of benzene rings is 2. The van der Waals surface area contributed by atoms with Crippen molar-refractivity contribution in [2.75, 3.05) is 30.0 Å². The van der Waals surface area contributed by atoms with Crippen LogP contribution in [0.2, 0.25) is 0 Å². The van der Waals surface area contributed by atoms with Crippen molar-refractivity contribution in [2.45, 2.75) is 19.8 Å². The quantitative estimate of drug-likeness (QED) is 0.853. The smallest absolute Gasteiger partial charge is 0.265 e. The Hall–Kier alpha value is -3.02. The van der Waals surface area contributed by atoms with Crippen molar-refractivity contribution >= 4 is 23.2 Å². The SMILES string of the molecule is Cc1ccc(OCCN2C(=O)COc3cc(NC(=O)C4CC4)ccc32)cc1. The number of fused-ring (bicyclic) bond motifs is 1. The van der Waals surface area contributed by atoms with Gasteiger partial charge in [0.1, 0.15) is 18.1 Å². The van der Waals surface area contributed by atoms with E-state index in [1.165, 1.54) is 5.56 Å². The fourth-order valence-corrected chi connectivity index (χ4v) is 3.01. The summed E-state index contributed by atoms with van der Waals surface area (Å²) in [4.78, 5) is 25.9. The van der Waals surface area contributed by atoms with Gasteiger partial charge in [-0.1, -0.05) is 17.7 Å². The lowest BCUT2D eigenvalue weighted by Gasteiger charge is -2.29. The van der Waals surface area contributed by atoms with Crippen LogP contribution < -0.4 is 19.7 Å². The molecule has 0 spiro atoms. The number of carbonyl (C=O) groups is 2. The molecule has 2 aromatic carbocycles. The van der Waals surface area contributed by atoms with Crippen LogP contribution in [0.1, 0.15) is 18.4 Å². The first-order chi connectivity index (χ1) is 13.1. The summed E-state index contributed by atoms with van der Waals surface area (Å²) in [6, 6.07) is 13.2. The van der Waals surface area contributed by atoms with Gasteiger partial charge in [0, 0.05) is 17.7 Å². The highest BCUT2D eigenvalue weighted by atomic mass is 16.5. The molecule has 140 valence electrons. The minimum absolute atomic E-state index is 0.0163. The highest BCUT2D eigenvalue weighted by Gasteiger charge is 2.30. The number of ether oxygens (including phenoxy) is 2. The van der Waals surface area contributed by atoms with Crippen LogP contribution in [-0.2, 0) is 9.59 Å². The molecule has 1 saturated carbocycles. The molecule has 0 unspecified atom stereocenters. The molecule has 2 aromatic rings. The molecule has 1 heterocycles. The molecule has 6 nitrogen and oxygen atoms in total. The summed E-state index contributed by atoms with van der Waals surface area (Å²) in [6.07, 6.45) is 1.91. The Morgan fingerprint density at radius 2 is 2.00 bits per heavy atom. The zero-order chi connectivity index (χ0) is 18.8. The number of nitrogens with zero attached hydrogens (tertiary/aromatic N) is 1. The maximum atomic E-state index is 12.3. The maximum Gasteiger partial charge on any atom is 0.265 e. The number of rotatable bonds is 6. The molecular formula is C21H22N2O4. The molecular weight excluding hydrogens is 344 g/mol. The van der Waals surface area contributed by atoms with Crippen LogP contribution >= 0.6 is 0 Å². The van der Waals surface area contributed by atoms with E-state index in [1.54, 1.807) is 23.1 Å². The van der Waals surface area contributed by atoms with Crippen molar-refractivity contribution in [3.63, 3.8) is 0 Å². The molecule has 1 N–H and O–H groups in total. The van der Waals surface area contributed by atoms with E-state index < -0.39 is 0 Å². The highest BCUT2D eigenvalue weighted by molar-refractivity contribution is 5.99. The predicted octanol–water partition coefficient (Wildman–Crippen LogP) is 3.15. The molecule has 0 bridgehead atoms. The summed E-state index contributed by atoms with van der Waals surface area (Å²) in [6.45, 7) is 2.82. The van der Waals surface area contributed by atoms with Crippen LogP contribution in [-0.4, -0.2) is 31.6 Å². The zero-order valence-corrected chi connectivity index (χ0v) is 15.2. The number of nitrogens with one attached hydrogen (secondary N) is 1. The van der Waals surface area contributed by atoms with Crippen molar-refractivity contribution in [1.29, 1.82) is 0 Å². The van der Waals surface area contributed by atoms with Gasteiger partial charge in [-0.25, -0.2) is 0 Å². The first-order valence-electron chi connectivity index (χ1n) is 9.18. The summed E-state index contributed by atoms with van der Waals surface area (Å²) in [5.74, 6) is 1.45. The molecule has 1 aliphatic carbocycles. The van der Waals surface area contributed by atoms with Crippen LogP contribution in [0.3, 0.4) is 0 Å². The van der Waals surface area contributed by atoms with Crippen LogP contribution in [0.15, 0.2) is 42.5 Å². The van der Waals surface area contributed by atoms with Crippen molar-refractivity contribution < 1.29 is 19.1 Å². The van der Waals surface area contributed by atoms with Gasteiger partial charge in [-0.2, -0.15) is 0 Å². The number of carbonyl (C=O) groups excluding carboxylic acids is 2. The molecule has 1 fully saturated rings. The first-order valence-corrected chi connectivity index (χ1v) is 9.18. The number of anilines is 2. The van der Waals surface area contributed by atoms with Gasteiger partial charge in [0.25, 0.3) is 5.91 Å². The van der Waals surface area contributed by atoms with E-state index in [1.807, 2.05) is 31.2 Å². The second kappa shape index (κ2) is 7.31. The Labute approximate surface area is 158 Å². The van der Waals surface area contributed by atoms with Gasteiger partial charge in [0.2, 0.25) is 5.91 Å². The van der Waals surface area contributed by atoms with Crippen LogP contribution in [0.25, 0.3) is 0 Å². The van der Waals surface area contributed by atoms with Gasteiger partial charge in [-0.05, 0) is 44.0 Å². The molecule has 2 amide bonds. The van der Waals surface area contributed by atoms with E-state index in [-0.39, 0.29) is 24.3 Å². The van der Waals surface area contributed by atoms with E-state index in [0.717, 1.165) is 18.6 Å². The van der Waals surface area contributed by atoms with Crippen molar-refractivity contribution in [1.82, 2.24) is 0 Å². The lowest BCUT2D eigenvalue weighted by atomic mass is 10.2. The average Bonchev–Trinajstić information content (AvgIpc) is 3.50. The normalized spacial score (nSPS) is 15.7. The van der Waals surface area contributed by atoms with E-state index in [0.29, 0.717) is 30.3 Å². The largest absolute Gasteiger partial charge is 0.492 e. The fraction of sp³-hybridized carbons (Fsp3) is 0.333. The molecule has 1 aliphatic heterocycles. The van der Waals surface area contributed by atoms with E-state index >= 15 is 0 Å². The van der Waals surface area contributed by atoms with Gasteiger partial charge in [-0.3, -0.25) is 9.59 Å². The average molecular weight is 366 g/mol. The Balaban J connectivity index is 1.41. The Bertz CT molecular complexity index is 859. The summed E-state index contributed by atoms with van der Waals surface area (Å²) in [5.41, 5.74) is 2.56. The number of hydrogen-bond acceptors (Lipinski definition) is 4. The summed E-state index contributed by atoms with van der Waals surface area (Å²) < 4.78 is 11.3. The third-order valence-electron chi connectivity index (χ3n) is 4.72. The van der Waals surface area contributed by atoms with Gasteiger partial charge < -0.3 is 19.7 Å². The lowest BCUT2D eigenvalue weighted by Crippen LogP contribution is -2.41. The fourth-order valence-electron chi connectivity index (χ4n) is 3.01. The van der Waals surface area contributed by atoms with E-state index in [2.05, 4.69) is 5.32 Å². The van der Waals surface area contributed by atoms with Crippen LogP contribution in [0, 0.1) is 12.8 Å². The predicted molar refractivity (Wildman–Crippen MR) is 102 cm³/mol.